The summed E-state index contributed by atoms with van der Waals surface area (Å²) in [5.74, 6) is 0. The summed E-state index contributed by atoms with van der Waals surface area (Å²) in [5.41, 5.74) is 8.32. The van der Waals surface area contributed by atoms with Crippen molar-refractivity contribution in [1.82, 2.24) is 4.98 Å². The number of azo groups is 1. The van der Waals surface area contributed by atoms with Crippen molar-refractivity contribution in [1.29, 1.82) is 0 Å². The van der Waals surface area contributed by atoms with Crippen molar-refractivity contribution >= 4 is 60.1 Å². The molecule has 0 saturated heterocycles. The quantitative estimate of drug-likeness (QED) is 0.497. The third-order valence-corrected chi connectivity index (χ3v) is 4.00. The third kappa shape index (κ3) is 4.00. The second-order valence-electron chi connectivity index (χ2n) is 4.25. The zero-order valence-electron chi connectivity index (χ0n) is 11.3. The van der Waals surface area contributed by atoms with Gasteiger partial charge in [-0.1, -0.05) is 63.7 Å². The second-order valence-corrected chi connectivity index (χ2v) is 6.18. The van der Waals surface area contributed by atoms with Gasteiger partial charge in [-0.05, 0) is 18.2 Å². The van der Waals surface area contributed by atoms with Gasteiger partial charge in [0.1, 0.15) is 5.69 Å². The van der Waals surface area contributed by atoms with E-state index in [1.807, 2.05) is 54.6 Å². The zero-order valence-corrected chi connectivity index (χ0v) is 15.4. The molecule has 0 amide bonds. The number of benzene rings is 2. The van der Waals surface area contributed by atoms with Gasteiger partial charge in [0.2, 0.25) is 0 Å². The van der Waals surface area contributed by atoms with Gasteiger partial charge in [0.05, 0.1) is 5.69 Å². The molecule has 2 N–H and O–H groups in total. The van der Waals surface area contributed by atoms with Crippen LogP contribution < -0.4 is 5.73 Å². The average Bonchev–Trinajstić information content (AvgIpc) is 2.87. The minimum Gasteiger partial charge on any atom is -0.375 e. The molecular weight excluding hydrogens is 428 g/mol. The lowest BCUT2D eigenvalue weighted by Gasteiger charge is -1.97. The standard InChI is InChI=1S/C15H11BrN4S.BrH/c16-11-7-4-8-12(9-11)19-20-14-13(18-15(17)21-14)10-5-2-1-3-6-10;/h1-9H,(H2,17,18);1H. The van der Waals surface area contributed by atoms with E-state index in [1.54, 1.807) is 0 Å². The van der Waals surface area contributed by atoms with Crippen LogP contribution in [0.15, 0.2) is 69.3 Å². The summed E-state index contributed by atoms with van der Waals surface area (Å²) in [7, 11) is 0. The molecule has 3 rings (SSSR count). The van der Waals surface area contributed by atoms with E-state index in [1.165, 1.54) is 11.3 Å². The van der Waals surface area contributed by atoms with Crippen molar-refractivity contribution in [2.45, 2.75) is 0 Å². The third-order valence-electron chi connectivity index (χ3n) is 2.74. The molecule has 0 bridgehead atoms. The fraction of sp³-hybridized carbons (Fsp3) is 0. The topological polar surface area (TPSA) is 63.6 Å². The number of hydrogen-bond acceptors (Lipinski definition) is 5. The Balaban J connectivity index is 0.00000176. The van der Waals surface area contributed by atoms with E-state index in [0.717, 1.165) is 21.4 Å². The Bertz CT molecular complexity index is 787. The average molecular weight is 440 g/mol. The number of nitrogens with two attached hydrogens (primary N) is 1. The van der Waals surface area contributed by atoms with Gasteiger partial charge in [0.15, 0.2) is 10.1 Å². The summed E-state index contributed by atoms with van der Waals surface area (Å²) in [6, 6.07) is 17.5. The van der Waals surface area contributed by atoms with Crippen LogP contribution in [-0.2, 0) is 0 Å². The summed E-state index contributed by atoms with van der Waals surface area (Å²) in [6.07, 6.45) is 0. The lowest BCUT2D eigenvalue weighted by atomic mass is 10.2. The van der Waals surface area contributed by atoms with Gasteiger partial charge in [-0.25, -0.2) is 4.98 Å². The van der Waals surface area contributed by atoms with Crippen molar-refractivity contribution in [3.63, 3.8) is 0 Å². The number of nitrogens with zero attached hydrogens (tertiary/aromatic N) is 3. The first-order valence-electron chi connectivity index (χ1n) is 6.21. The Hall–Kier alpha value is -1.57. The summed E-state index contributed by atoms with van der Waals surface area (Å²) < 4.78 is 0.964. The maximum Gasteiger partial charge on any atom is 0.182 e. The van der Waals surface area contributed by atoms with E-state index in [4.69, 9.17) is 5.73 Å². The van der Waals surface area contributed by atoms with E-state index in [-0.39, 0.29) is 17.0 Å². The minimum atomic E-state index is 0. The lowest BCUT2D eigenvalue weighted by molar-refractivity contribution is 1.24. The molecular formula is C15H12Br2N4S. The smallest absolute Gasteiger partial charge is 0.182 e. The molecule has 112 valence electrons. The van der Waals surface area contributed by atoms with Gasteiger partial charge in [0.25, 0.3) is 0 Å². The molecule has 0 atom stereocenters. The van der Waals surface area contributed by atoms with Gasteiger partial charge in [0, 0.05) is 10.0 Å². The molecule has 1 heterocycles. The number of hydrogen-bond donors (Lipinski definition) is 1. The van der Waals surface area contributed by atoms with Crippen molar-refractivity contribution in [3.05, 3.63) is 59.1 Å². The first-order valence-corrected chi connectivity index (χ1v) is 7.82. The molecule has 0 fully saturated rings. The van der Waals surface area contributed by atoms with E-state index in [0.29, 0.717) is 10.1 Å². The molecule has 0 aliphatic heterocycles. The largest absolute Gasteiger partial charge is 0.375 e. The van der Waals surface area contributed by atoms with Gasteiger partial charge in [-0.3, -0.25) is 0 Å². The number of nitrogen functional groups attached to an aromatic ring is 1. The van der Waals surface area contributed by atoms with E-state index in [9.17, 15) is 0 Å². The fourth-order valence-corrected chi connectivity index (χ4v) is 2.89. The highest BCUT2D eigenvalue weighted by molar-refractivity contribution is 9.10. The first kappa shape index (κ1) is 16.8. The number of halogens is 2. The molecule has 0 spiro atoms. The zero-order chi connectivity index (χ0) is 14.7. The van der Waals surface area contributed by atoms with Crippen LogP contribution in [0.4, 0.5) is 15.8 Å². The van der Waals surface area contributed by atoms with Crippen LogP contribution in [0.5, 0.6) is 0 Å². The molecule has 2 aromatic carbocycles. The first-order chi connectivity index (χ1) is 10.2. The molecule has 0 aliphatic rings. The summed E-state index contributed by atoms with van der Waals surface area (Å²) in [6.45, 7) is 0. The number of aromatic nitrogens is 1. The van der Waals surface area contributed by atoms with E-state index >= 15 is 0 Å². The number of rotatable bonds is 3. The SMILES string of the molecule is Br.Nc1nc(-c2ccccc2)c(N=Nc2cccc(Br)c2)s1. The van der Waals surface area contributed by atoms with Crippen molar-refractivity contribution in [2.24, 2.45) is 10.2 Å². The van der Waals surface area contributed by atoms with Gasteiger partial charge >= 0.3 is 0 Å². The Morgan fingerprint density at radius 1 is 1.00 bits per heavy atom. The predicted molar refractivity (Wildman–Crippen MR) is 101 cm³/mol. The van der Waals surface area contributed by atoms with Crippen molar-refractivity contribution < 1.29 is 0 Å². The molecule has 3 aromatic rings. The van der Waals surface area contributed by atoms with Crippen LogP contribution in [0.1, 0.15) is 0 Å². The Morgan fingerprint density at radius 2 is 1.77 bits per heavy atom. The van der Waals surface area contributed by atoms with Crippen LogP contribution in [0, 0.1) is 0 Å². The van der Waals surface area contributed by atoms with E-state index < -0.39 is 0 Å². The molecule has 0 unspecified atom stereocenters. The highest BCUT2D eigenvalue weighted by atomic mass is 79.9. The van der Waals surface area contributed by atoms with Crippen LogP contribution in [-0.4, -0.2) is 4.98 Å². The highest BCUT2D eigenvalue weighted by Crippen LogP contribution is 2.37. The molecule has 0 radical (unpaired) electrons. The van der Waals surface area contributed by atoms with Crippen LogP contribution in [0.2, 0.25) is 0 Å². The number of anilines is 1. The van der Waals surface area contributed by atoms with Crippen LogP contribution >= 0.6 is 44.2 Å². The summed E-state index contributed by atoms with van der Waals surface area (Å²) in [5, 5.41) is 9.73. The predicted octanol–water partition coefficient (Wildman–Crippen LogP) is 6.15. The maximum atomic E-state index is 5.81. The Kier molecular flexibility index (Phi) is 5.82. The van der Waals surface area contributed by atoms with Crippen LogP contribution in [0.25, 0.3) is 11.3 Å². The maximum absolute atomic E-state index is 5.81. The normalized spacial score (nSPS) is 10.6. The van der Waals surface area contributed by atoms with Gasteiger partial charge in [-0.15, -0.1) is 27.2 Å². The molecule has 1 aromatic heterocycles. The Labute approximate surface area is 151 Å². The summed E-state index contributed by atoms with van der Waals surface area (Å²) >= 11 is 4.74. The minimum absolute atomic E-state index is 0. The molecule has 22 heavy (non-hydrogen) atoms. The molecule has 7 heteroatoms. The molecule has 0 saturated carbocycles. The molecule has 4 nitrogen and oxygen atoms in total. The fourth-order valence-electron chi connectivity index (χ4n) is 1.82. The van der Waals surface area contributed by atoms with Crippen molar-refractivity contribution in [3.8, 4) is 11.3 Å². The molecule has 0 aliphatic carbocycles. The highest BCUT2D eigenvalue weighted by Gasteiger charge is 2.11. The van der Waals surface area contributed by atoms with Gasteiger partial charge < -0.3 is 5.73 Å². The Morgan fingerprint density at radius 3 is 2.50 bits per heavy atom. The van der Waals surface area contributed by atoms with E-state index in [2.05, 4.69) is 31.1 Å². The second kappa shape index (κ2) is 7.62. The lowest BCUT2D eigenvalue weighted by Crippen LogP contribution is -1.82. The van der Waals surface area contributed by atoms with Gasteiger partial charge in [-0.2, -0.15) is 0 Å². The monoisotopic (exact) mass is 438 g/mol. The number of thiazole rings is 1. The van der Waals surface area contributed by atoms with Crippen molar-refractivity contribution in [2.75, 3.05) is 5.73 Å². The summed E-state index contributed by atoms with van der Waals surface area (Å²) in [4.78, 5) is 4.34. The van der Waals surface area contributed by atoms with Crippen LogP contribution in [0.3, 0.4) is 0 Å².